The molecule has 0 heterocycles. The van der Waals surface area contributed by atoms with E-state index < -0.39 is 0 Å². The first-order valence-electron chi connectivity index (χ1n) is 10.1. The second-order valence-electron chi connectivity index (χ2n) is 7.53. The van der Waals surface area contributed by atoms with Gasteiger partial charge in [-0.05, 0) is 76.8 Å². The van der Waals surface area contributed by atoms with Crippen molar-refractivity contribution < 1.29 is 14.3 Å². The van der Waals surface area contributed by atoms with E-state index in [1.54, 1.807) is 54.6 Å². The molecule has 31 heavy (non-hydrogen) atoms. The maximum absolute atomic E-state index is 12.7. The summed E-state index contributed by atoms with van der Waals surface area (Å²) in [4.78, 5) is 25.0. The number of carbonyl (C=O) groups excluding carboxylic acids is 2. The average Bonchev–Trinajstić information content (AvgIpc) is 2.75. The van der Waals surface area contributed by atoms with E-state index in [2.05, 4.69) is 40.4 Å². The molecule has 6 heteroatoms. The Labute approximate surface area is 191 Å². The summed E-state index contributed by atoms with van der Waals surface area (Å²) in [7, 11) is 0. The monoisotopic (exact) mass is 480 g/mol. The second-order valence-corrected chi connectivity index (χ2v) is 8.39. The minimum atomic E-state index is -0.249. The molecule has 0 spiro atoms. The number of halogens is 1. The van der Waals surface area contributed by atoms with Gasteiger partial charge in [-0.15, -0.1) is 0 Å². The largest absolute Gasteiger partial charge is 0.492 e. The van der Waals surface area contributed by atoms with E-state index in [1.165, 1.54) is 0 Å². The Bertz CT molecular complexity index is 1050. The quantitative estimate of drug-likeness (QED) is 0.393. The number of ether oxygens (including phenoxy) is 1. The maximum atomic E-state index is 12.7. The Morgan fingerprint density at radius 2 is 1.48 bits per heavy atom. The summed E-state index contributed by atoms with van der Waals surface area (Å²) in [6.07, 6.45) is 0.964. The highest BCUT2D eigenvalue weighted by atomic mass is 79.9. The Morgan fingerprint density at radius 1 is 0.839 bits per heavy atom. The minimum Gasteiger partial charge on any atom is -0.492 e. The van der Waals surface area contributed by atoms with Crippen LogP contribution in [0.1, 0.15) is 41.0 Å². The van der Waals surface area contributed by atoms with Crippen molar-refractivity contribution in [3.05, 3.63) is 88.4 Å². The molecule has 0 saturated heterocycles. The molecule has 0 fully saturated rings. The zero-order valence-electron chi connectivity index (χ0n) is 17.5. The van der Waals surface area contributed by atoms with Crippen LogP contribution in [0.4, 0.5) is 11.4 Å². The second kappa shape index (κ2) is 10.8. The van der Waals surface area contributed by atoms with Crippen molar-refractivity contribution in [1.29, 1.82) is 0 Å². The van der Waals surface area contributed by atoms with Crippen LogP contribution in [0.15, 0.2) is 77.3 Å². The Morgan fingerprint density at radius 3 is 2.10 bits per heavy atom. The molecule has 0 atom stereocenters. The van der Waals surface area contributed by atoms with Gasteiger partial charge in [-0.2, -0.15) is 0 Å². The standard InChI is InChI=1S/C25H25BrN2O3/c1-17(2)13-14-31-23-12-11-19(15-22(23)26)25(30)28-21-10-6-9-20(16-21)27-24(29)18-7-4-3-5-8-18/h3-12,15-17H,13-14H2,1-2H3,(H,27,29)(H,28,30). The van der Waals surface area contributed by atoms with Gasteiger partial charge in [0.15, 0.2) is 0 Å². The number of carbonyl (C=O) groups is 2. The van der Waals surface area contributed by atoms with Gasteiger partial charge in [0.1, 0.15) is 5.75 Å². The molecular formula is C25H25BrN2O3. The molecule has 3 aromatic rings. The van der Waals surface area contributed by atoms with E-state index in [0.29, 0.717) is 40.8 Å². The van der Waals surface area contributed by atoms with Crippen LogP contribution in [0.5, 0.6) is 5.75 Å². The molecule has 3 rings (SSSR count). The van der Waals surface area contributed by atoms with Gasteiger partial charge in [0, 0.05) is 22.5 Å². The van der Waals surface area contributed by atoms with Gasteiger partial charge in [-0.3, -0.25) is 9.59 Å². The SMILES string of the molecule is CC(C)CCOc1ccc(C(=O)Nc2cccc(NC(=O)c3ccccc3)c2)cc1Br. The number of rotatable bonds is 8. The fraction of sp³-hybridized carbons (Fsp3) is 0.200. The molecule has 160 valence electrons. The zero-order chi connectivity index (χ0) is 22.2. The van der Waals surface area contributed by atoms with Crippen LogP contribution in [0.3, 0.4) is 0 Å². The van der Waals surface area contributed by atoms with Crippen LogP contribution in [0.2, 0.25) is 0 Å². The third-order valence-electron chi connectivity index (χ3n) is 4.56. The molecule has 0 bridgehead atoms. The van der Waals surface area contributed by atoms with Crippen LogP contribution >= 0.6 is 15.9 Å². The van der Waals surface area contributed by atoms with Gasteiger partial charge in [-0.25, -0.2) is 0 Å². The lowest BCUT2D eigenvalue weighted by atomic mass is 10.1. The summed E-state index contributed by atoms with van der Waals surface area (Å²) in [6, 6.07) is 21.3. The molecule has 0 aliphatic carbocycles. The first kappa shape index (κ1) is 22.6. The lowest BCUT2D eigenvalue weighted by Gasteiger charge is -2.12. The highest BCUT2D eigenvalue weighted by Crippen LogP contribution is 2.27. The van der Waals surface area contributed by atoms with Crippen LogP contribution in [0, 0.1) is 5.92 Å². The molecule has 0 radical (unpaired) electrons. The molecule has 2 amide bonds. The predicted octanol–water partition coefficient (Wildman–Crippen LogP) is 6.38. The molecule has 2 N–H and O–H groups in total. The van der Waals surface area contributed by atoms with Crippen molar-refractivity contribution in [3.63, 3.8) is 0 Å². The smallest absolute Gasteiger partial charge is 0.255 e. The molecular weight excluding hydrogens is 456 g/mol. The summed E-state index contributed by atoms with van der Waals surface area (Å²) in [5.74, 6) is 0.821. The number of nitrogens with one attached hydrogen (secondary N) is 2. The van der Waals surface area contributed by atoms with Crippen LogP contribution < -0.4 is 15.4 Å². The zero-order valence-corrected chi connectivity index (χ0v) is 19.1. The lowest BCUT2D eigenvalue weighted by Crippen LogP contribution is -2.14. The fourth-order valence-corrected chi connectivity index (χ4v) is 3.33. The molecule has 0 aromatic heterocycles. The summed E-state index contributed by atoms with van der Waals surface area (Å²) < 4.78 is 6.50. The Hall–Kier alpha value is -3.12. The van der Waals surface area contributed by atoms with Crippen molar-refractivity contribution in [2.24, 2.45) is 5.92 Å². The number of anilines is 2. The van der Waals surface area contributed by atoms with E-state index in [1.807, 2.05) is 18.2 Å². The Kier molecular flexibility index (Phi) is 7.84. The Balaban J connectivity index is 1.63. The van der Waals surface area contributed by atoms with E-state index in [9.17, 15) is 9.59 Å². The molecule has 5 nitrogen and oxygen atoms in total. The van der Waals surface area contributed by atoms with E-state index in [4.69, 9.17) is 4.74 Å². The van der Waals surface area contributed by atoms with Crippen LogP contribution in [-0.2, 0) is 0 Å². The van der Waals surface area contributed by atoms with Crippen molar-refractivity contribution in [2.45, 2.75) is 20.3 Å². The van der Waals surface area contributed by atoms with Gasteiger partial charge in [0.2, 0.25) is 0 Å². The third-order valence-corrected chi connectivity index (χ3v) is 5.18. The van der Waals surface area contributed by atoms with Gasteiger partial charge >= 0.3 is 0 Å². The van der Waals surface area contributed by atoms with E-state index in [-0.39, 0.29) is 11.8 Å². The molecule has 3 aromatic carbocycles. The summed E-state index contributed by atoms with van der Waals surface area (Å²) in [6.45, 7) is 4.92. The highest BCUT2D eigenvalue weighted by Gasteiger charge is 2.11. The molecule has 0 aliphatic heterocycles. The molecule has 0 saturated carbocycles. The van der Waals surface area contributed by atoms with Crippen molar-refractivity contribution in [3.8, 4) is 5.75 Å². The minimum absolute atomic E-state index is 0.207. The lowest BCUT2D eigenvalue weighted by molar-refractivity contribution is 0.101. The maximum Gasteiger partial charge on any atom is 0.255 e. The summed E-state index contributed by atoms with van der Waals surface area (Å²) in [5, 5.41) is 5.71. The van der Waals surface area contributed by atoms with Gasteiger partial charge in [0.25, 0.3) is 11.8 Å². The first-order chi connectivity index (χ1) is 14.9. The topological polar surface area (TPSA) is 67.4 Å². The predicted molar refractivity (Wildman–Crippen MR) is 128 cm³/mol. The van der Waals surface area contributed by atoms with Gasteiger partial charge < -0.3 is 15.4 Å². The van der Waals surface area contributed by atoms with Crippen molar-refractivity contribution in [2.75, 3.05) is 17.2 Å². The van der Waals surface area contributed by atoms with Crippen molar-refractivity contribution >= 4 is 39.1 Å². The number of benzene rings is 3. The van der Waals surface area contributed by atoms with Crippen LogP contribution in [0.25, 0.3) is 0 Å². The summed E-state index contributed by atoms with van der Waals surface area (Å²) >= 11 is 3.48. The molecule has 0 aliphatic rings. The molecule has 0 unspecified atom stereocenters. The van der Waals surface area contributed by atoms with E-state index >= 15 is 0 Å². The number of hydrogen-bond acceptors (Lipinski definition) is 3. The third kappa shape index (κ3) is 6.69. The number of hydrogen-bond donors (Lipinski definition) is 2. The average molecular weight is 481 g/mol. The first-order valence-corrected chi connectivity index (χ1v) is 10.9. The fourth-order valence-electron chi connectivity index (χ4n) is 2.83. The van der Waals surface area contributed by atoms with Gasteiger partial charge in [-0.1, -0.05) is 38.1 Å². The normalized spacial score (nSPS) is 10.6. The number of amides is 2. The van der Waals surface area contributed by atoms with Crippen LogP contribution in [-0.4, -0.2) is 18.4 Å². The van der Waals surface area contributed by atoms with Crippen molar-refractivity contribution in [1.82, 2.24) is 0 Å². The highest BCUT2D eigenvalue weighted by molar-refractivity contribution is 9.10. The van der Waals surface area contributed by atoms with Gasteiger partial charge in [0.05, 0.1) is 11.1 Å². The summed E-state index contributed by atoms with van der Waals surface area (Å²) in [5.41, 5.74) is 2.25. The van der Waals surface area contributed by atoms with E-state index in [0.717, 1.165) is 10.9 Å².